The Morgan fingerprint density at radius 3 is 2.83 bits per heavy atom. The van der Waals surface area contributed by atoms with Gasteiger partial charge in [0.05, 0.1) is 0 Å². The van der Waals surface area contributed by atoms with E-state index in [1.54, 1.807) is 12.1 Å². The fourth-order valence-corrected chi connectivity index (χ4v) is 2.98. The lowest BCUT2D eigenvalue weighted by molar-refractivity contribution is 0.0950. The summed E-state index contributed by atoms with van der Waals surface area (Å²) < 4.78 is 13.0. The Bertz CT molecular complexity index is 697. The smallest absolute Gasteiger partial charge is 0.251 e. The Balaban J connectivity index is 1.67. The molecular formula is C19H21FN2O. The summed E-state index contributed by atoms with van der Waals surface area (Å²) in [5.41, 5.74) is 4.12. The number of hydrogen-bond donors (Lipinski definition) is 2. The molecule has 0 saturated heterocycles. The van der Waals surface area contributed by atoms with Crippen molar-refractivity contribution < 1.29 is 9.18 Å². The summed E-state index contributed by atoms with van der Waals surface area (Å²) in [7, 11) is 0. The third-order valence-corrected chi connectivity index (χ3v) is 4.40. The van der Waals surface area contributed by atoms with E-state index >= 15 is 0 Å². The number of hydrogen-bond acceptors (Lipinski definition) is 2. The lowest BCUT2D eigenvalue weighted by atomic mass is 9.95. The van der Waals surface area contributed by atoms with Gasteiger partial charge in [-0.1, -0.05) is 31.2 Å². The number of benzene rings is 2. The molecule has 0 aliphatic carbocycles. The van der Waals surface area contributed by atoms with Crippen LogP contribution in [0.4, 0.5) is 4.39 Å². The second kappa shape index (κ2) is 6.92. The maximum absolute atomic E-state index is 13.0. The van der Waals surface area contributed by atoms with Crippen molar-refractivity contribution in [2.75, 3.05) is 13.1 Å². The van der Waals surface area contributed by atoms with Crippen LogP contribution in [0.5, 0.6) is 0 Å². The van der Waals surface area contributed by atoms with Crippen LogP contribution >= 0.6 is 0 Å². The van der Waals surface area contributed by atoms with Crippen LogP contribution in [-0.4, -0.2) is 19.0 Å². The average molecular weight is 312 g/mol. The van der Waals surface area contributed by atoms with Crippen LogP contribution in [-0.2, 0) is 13.0 Å². The highest BCUT2D eigenvalue weighted by molar-refractivity contribution is 5.96. The maximum atomic E-state index is 13.0. The van der Waals surface area contributed by atoms with Gasteiger partial charge in [-0.25, -0.2) is 4.39 Å². The molecule has 1 atom stereocenters. The zero-order chi connectivity index (χ0) is 16.2. The standard InChI is InChI=1S/C19H21FN2O/c1-13(14-5-7-16(20)8-6-14)11-22-19(23)17-4-2-3-15-9-10-21-12-18(15)17/h2-8,13,21H,9-12H2,1H3,(H,22,23). The minimum atomic E-state index is -0.242. The van der Waals surface area contributed by atoms with Gasteiger partial charge in [0.25, 0.3) is 5.91 Å². The van der Waals surface area contributed by atoms with E-state index in [4.69, 9.17) is 0 Å². The molecule has 3 nitrogen and oxygen atoms in total. The van der Waals surface area contributed by atoms with Crippen molar-refractivity contribution in [3.05, 3.63) is 70.5 Å². The van der Waals surface area contributed by atoms with Crippen LogP contribution in [0.2, 0.25) is 0 Å². The first kappa shape index (κ1) is 15.7. The molecule has 2 aromatic rings. The van der Waals surface area contributed by atoms with E-state index in [-0.39, 0.29) is 17.6 Å². The fraction of sp³-hybridized carbons (Fsp3) is 0.316. The fourth-order valence-electron chi connectivity index (χ4n) is 2.98. The van der Waals surface area contributed by atoms with E-state index in [2.05, 4.69) is 16.7 Å². The second-order valence-corrected chi connectivity index (χ2v) is 6.03. The van der Waals surface area contributed by atoms with E-state index in [1.807, 2.05) is 19.1 Å². The Morgan fingerprint density at radius 1 is 1.26 bits per heavy atom. The summed E-state index contributed by atoms with van der Waals surface area (Å²) in [4.78, 5) is 12.5. The van der Waals surface area contributed by atoms with Crippen molar-refractivity contribution in [1.82, 2.24) is 10.6 Å². The van der Waals surface area contributed by atoms with Crippen LogP contribution in [0, 0.1) is 5.82 Å². The highest BCUT2D eigenvalue weighted by atomic mass is 19.1. The van der Waals surface area contributed by atoms with Gasteiger partial charge in [-0.2, -0.15) is 0 Å². The minimum absolute atomic E-state index is 0.0421. The number of nitrogens with one attached hydrogen (secondary N) is 2. The van der Waals surface area contributed by atoms with E-state index in [0.29, 0.717) is 6.54 Å². The molecule has 1 amide bonds. The Morgan fingerprint density at radius 2 is 2.04 bits per heavy atom. The number of halogens is 1. The Labute approximate surface area is 135 Å². The molecule has 1 heterocycles. The zero-order valence-electron chi connectivity index (χ0n) is 13.2. The molecule has 1 aliphatic heterocycles. The van der Waals surface area contributed by atoms with Gasteiger partial charge in [-0.15, -0.1) is 0 Å². The second-order valence-electron chi connectivity index (χ2n) is 6.03. The lowest BCUT2D eigenvalue weighted by Crippen LogP contribution is -2.31. The largest absolute Gasteiger partial charge is 0.351 e. The van der Waals surface area contributed by atoms with Gasteiger partial charge in [-0.05, 0) is 53.8 Å². The molecule has 0 fully saturated rings. The van der Waals surface area contributed by atoms with Gasteiger partial charge < -0.3 is 10.6 Å². The van der Waals surface area contributed by atoms with Crippen molar-refractivity contribution in [3.8, 4) is 0 Å². The predicted molar refractivity (Wildman–Crippen MR) is 89.0 cm³/mol. The number of fused-ring (bicyclic) bond motifs is 1. The van der Waals surface area contributed by atoms with Gasteiger partial charge in [0, 0.05) is 18.7 Å². The third kappa shape index (κ3) is 3.59. The van der Waals surface area contributed by atoms with Crippen LogP contribution in [0.15, 0.2) is 42.5 Å². The maximum Gasteiger partial charge on any atom is 0.251 e. The van der Waals surface area contributed by atoms with Gasteiger partial charge in [-0.3, -0.25) is 4.79 Å². The Kier molecular flexibility index (Phi) is 4.72. The minimum Gasteiger partial charge on any atom is -0.351 e. The van der Waals surface area contributed by atoms with Gasteiger partial charge in [0.1, 0.15) is 5.82 Å². The first-order valence-corrected chi connectivity index (χ1v) is 8.00. The quantitative estimate of drug-likeness (QED) is 0.911. The zero-order valence-corrected chi connectivity index (χ0v) is 13.2. The van der Waals surface area contributed by atoms with Crippen LogP contribution < -0.4 is 10.6 Å². The van der Waals surface area contributed by atoms with Crippen LogP contribution in [0.1, 0.15) is 39.9 Å². The van der Waals surface area contributed by atoms with Crippen molar-refractivity contribution in [2.45, 2.75) is 25.8 Å². The molecule has 0 radical (unpaired) electrons. The number of amides is 1. The van der Waals surface area contributed by atoms with E-state index in [9.17, 15) is 9.18 Å². The summed E-state index contributed by atoms with van der Waals surface area (Å²) in [5.74, 6) is -0.148. The van der Waals surface area contributed by atoms with Gasteiger partial charge in [0.15, 0.2) is 0 Å². The molecule has 4 heteroatoms. The summed E-state index contributed by atoms with van der Waals surface area (Å²) in [6.07, 6.45) is 0.961. The summed E-state index contributed by atoms with van der Waals surface area (Å²) in [6.45, 7) is 4.25. The van der Waals surface area contributed by atoms with Crippen LogP contribution in [0.25, 0.3) is 0 Å². The lowest BCUT2D eigenvalue weighted by Gasteiger charge is -2.20. The molecule has 1 unspecified atom stereocenters. The molecule has 23 heavy (non-hydrogen) atoms. The molecule has 1 aliphatic rings. The van der Waals surface area contributed by atoms with Crippen molar-refractivity contribution in [3.63, 3.8) is 0 Å². The highest BCUT2D eigenvalue weighted by Gasteiger charge is 2.17. The topological polar surface area (TPSA) is 41.1 Å². The number of rotatable bonds is 4. The van der Waals surface area contributed by atoms with E-state index in [0.717, 1.165) is 36.2 Å². The van der Waals surface area contributed by atoms with E-state index in [1.165, 1.54) is 17.7 Å². The van der Waals surface area contributed by atoms with Gasteiger partial charge in [0.2, 0.25) is 0 Å². The summed E-state index contributed by atoms with van der Waals surface area (Å²) in [6, 6.07) is 12.3. The first-order valence-electron chi connectivity index (χ1n) is 8.00. The normalized spacial score (nSPS) is 14.9. The monoisotopic (exact) mass is 312 g/mol. The highest BCUT2D eigenvalue weighted by Crippen LogP contribution is 2.19. The molecule has 0 saturated carbocycles. The van der Waals surface area contributed by atoms with E-state index < -0.39 is 0 Å². The predicted octanol–water partition coefficient (Wildman–Crippen LogP) is 3.00. The molecular weight excluding hydrogens is 291 g/mol. The van der Waals surface area contributed by atoms with Crippen LogP contribution in [0.3, 0.4) is 0 Å². The first-order chi connectivity index (χ1) is 11.1. The van der Waals surface area contributed by atoms with Gasteiger partial charge >= 0.3 is 0 Å². The molecule has 120 valence electrons. The van der Waals surface area contributed by atoms with Crippen molar-refractivity contribution in [2.24, 2.45) is 0 Å². The summed E-state index contributed by atoms with van der Waals surface area (Å²) in [5, 5.41) is 6.32. The molecule has 0 spiro atoms. The number of carbonyl (C=O) groups excluding carboxylic acids is 1. The summed E-state index contributed by atoms with van der Waals surface area (Å²) >= 11 is 0. The molecule has 0 bridgehead atoms. The average Bonchev–Trinajstić information content (AvgIpc) is 2.59. The third-order valence-electron chi connectivity index (χ3n) is 4.40. The van der Waals surface area contributed by atoms with Crippen molar-refractivity contribution in [1.29, 1.82) is 0 Å². The molecule has 3 rings (SSSR count). The Hall–Kier alpha value is -2.20. The van der Waals surface area contributed by atoms with Crippen molar-refractivity contribution >= 4 is 5.91 Å². The molecule has 0 aromatic heterocycles. The number of carbonyl (C=O) groups is 1. The SMILES string of the molecule is CC(CNC(=O)c1cccc2c1CNCC2)c1ccc(F)cc1. The molecule has 2 N–H and O–H groups in total. The molecule has 2 aromatic carbocycles.